The molecular weight excluding hydrogens is 923 g/mol. The van der Waals surface area contributed by atoms with Gasteiger partial charge in [-0.1, -0.05) is 85.3 Å². The number of fused-ring (bicyclic) bond motifs is 10. The van der Waals surface area contributed by atoms with Crippen molar-refractivity contribution in [1.29, 1.82) is 0 Å². The van der Waals surface area contributed by atoms with Crippen LogP contribution in [0.15, 0.2) is 127 Å². The minimum Gasteiger partial charge on any atom is -0.508 e. The number of aromatic nitrogens is 1. The van der Waals surface area contributed by atoms with Gasteiger partial charge in [-0.2, -0.15) is 0 Å². The number of benzene rings is 5. The molecule has 7 N–H and O–H groups in total. The van der Waals surface area contributed by atoms with Crippen molar-refractivity contribution in [3.63, 3.8) is 0 Å². The molecule has 1 saturated heterocycles. The van der Waals surface area contributed by atoms with E-state index in [9.17, 15) is 20.4 Å². The molecule has 6 aliphatic rings. The standard InChI is InChI=1S/C64H69N3O7/c65-61-33-45-19-15-41(13-14-42-17-21-58(70)46(27-42)28-44-8-5-9-51(68)29-44)7-6-10-53-34-52(69)20-16-43-18-22-59(71)60(30-43)74-38-48-32-49(31-47-36-67(37-54(47)48)62(66-61)55(45)40-73-53)64-25-26-72-39-50(64)35-63(23-3-4-24-63)56-11-1-2-12-57(56)64/h1-2,5,8-9,11-12,17-18,21-22,27,29-33,36-37,41,50,52-53,61,66,68-71H,3-4,6-7,10,13-14,16,20,23-26,28,34-35,38-40,65H2. The fourth-order valence-electron chi connectivity index (χ4n) is 13.8. The fourth-order valence-corrected chi connectivity index (χ4v) is 13.8. The van der Waals surface area contributed by atoms with Crippen LogP contribution in [0.1, 0.15) is 122 Å². The summed E-state index contributed by atoms with van der Waals surface area (Å²) >= 11 is 0. The van der Waals surface area contributed by atoms with Gasteiger partial charge in [0.25, 0.3) is 0 Å². The van der Waals surface area contributed by atoms with E-state index in [0.717, 1.165) is 107 Å². The number of hydrogen-bond acceptors (Lipinski definition) is 9. The predicted octanol–water partition coefficient (Wildman–Crippen LogP) is 11.0. The Kier molecular flexibility index (Phi) is 13.3. The van der Waals surface area contributed by atoms with Crippen LogP contribution in [0, 0.1) is 23.7 Å². The number of aliphatic hydroxyl groups is 1. The molecule has 2 aliphatic carbocycles. The van der Waals surface area contributed by atoms with Crippen molar-refractivity contribution in [1.82, 2.24) is 9.88 Å². The molecule has 0 amide bonds. The largest absolute Gasteiger partial charge is 0.508 e. The molecule has 5 aromatic carbocycles. The van der Waals surface area contributed by atoms with Crippen molar-refractivity contribution < 1.29 is 34.6 Å². The molecule has 12 rings (SSSR count). The van der Waals surface area contributed by atoms with Gasteiger partial charge in [-0.25, -0.2) is 0 Å². The van der Waals surface area contributed by atoms with Crippen LogP contribution >= 0.6 is 0 Å². The van der Waals surface area contributed by atoms with Gasteiger partial charge in [0.05, 0.1) is 31.6 Å². The highest BCUT2D eigenvalue weighted by Gasteiger charge is 2.55. The predicted molar refractivity (Wildman–Crippen MR) is 289 cm³/mol. The second-order valence-corrected chi connectivity index (χ2v) is 22.3. The van der Waals surface area contributed by atoms with Crippen LogP contribution in [-0.2, 0) is 46.2 Å². The summed E-state index contributed by atoms with van der Waals surface area (Å²) in [7, 11) is 0. The van der Waals surface area contributed by atoms with E-state index in [0.29, 0.717) is 44.0 Å². The Bertz CT molecular complexity index is 3210. The average molecular weight is 992 g/mol. The average Bonchev–Trinajstić information content (AvgIpc) is 4.06. The van der Waals surface area contributed by atoms with Crippen molar-refractivity contribution in [3.05, 3.63) is 171 Å². The molecule has 74 heavy (non-hydrogen) atoms. The first kappa shape index (κ1) is 48.5. The van der Waals surface area contributed by atoms with E-state index in [1.165, 1.54) is 42.4 Å². The molecule has 10 heteroatoms. The Morgan fingerprint density at radius 3 is 2.55 bits per heavy atom. The lowest BCUT2D eigenvalue weighted by Crippen LogP contribution is -2.51. The van der Waals surface area contributed by atoms with Gasteiger partial charge in [0.2, 0.25) is 0 Å². The first-order valence-corrected chi connectivity index (χ1v) is 27.2. The van der Waals surface area contributed by atoms with Crippen LogP contribution in [0.2, 0.25) is 0 Å². The highest BCUT2D eigenvalue weighted by Crippen LogP contribution is 2.60. The number of hydrogen-bond donors (Lipinski definition) is 6. The lowest BCUT2D eigenvalue weighted by Gasteiger charge is -2.54. The number of rotatable bonds is 6. The monoisotopic (exact) mass is 992 g/mol. The van der Waals surface area contributed by atoms with Crippen molar-refractivity contribution >= 4 is 16.6 Å². The fraction of sp³-hybridized carbons (Fsp3) is 0.406. The molecule has 1 saturated carbocycles. The van der Waals surface area contributed by atoms with Gasteiger partial charge in [0.15, 0.2) is 11.5 Å². The van der Waals surface area contributed by atoms with E-state index in [1.54, 1.807) is 24.3 Å². The summed E-state index contributed by atoms with van der Waals surface area (Å²) in [6.07, 6.45) is 18.3. The second-order valence-electron chi connectivity index (χ2n) is 22.3. The number of ether oxygens (including phenoxy) is 3. The molecule has 0 radical (unpaired) electrons. The number of nitrogens with one attached hydrogen (secondary N) is 1. The summed E-state index contributed by atoms with van der Waals surface area (Å²) in [5.74, 6) is 9.53. The number of aliphatic hydroxyl groups excluding tert-OH is 1. The summed E-state index contributed by atoms with van der Waals surface area (Å²) in [5.41, 5.74) is 17.7. The smallest absolute Gasteiger partial charge is 0.161 e. The van der Waals surface area contributed by atoms with Crippen molar-refractivity contribution in [2.75, 3.05) is 19.8 Å². The molecule has 6 bridgehead atoms. The van der Waals surface area contributed by atoms with Crippen molar-refractivity contribution in [2.45, 2.75) is 132 Å². The number of aryl methyl sites for hydroxylation is 2. The Hall–Kier alpha value is -6.48. The minimum atomic E-state index is -0.608. The first-order chi connectivity index (χ1) is 36.1. The number of phenols is 3. The molecule has 5 heterocycles. The summed E-state index contributed by atoms with van der Waals surface area (Å²) in [5, 5.41) is 49.6. The molecule has 6 atom stereocenters. The van der Waals surface area contributed by atoms with Crippen LogP contribution in [0.4, 0.5) is 0 Å². The van der Waals surface area contributed by atoms with Crippen molar-refractivity contribution in [2.24, 2.45) is 17.6 Å². The molecule has 1 aromatic heterocycles. The van der Waals surface area contributed by atoms with Gasteiger partial charge in [0, 0.05) is 58.7 Å². The topological polar surface area (TPSA) is 152 Å². The zero-order valence-electron chi connectivity index (χ0n) is 42.3. The normalized spacial score (nSPS) is 25.6. The number of nitrogens with zero attached hydrogens (tertiary/aromatic N) is 1. The van der Waals surface area contributed by atoms with E-state index in [-0.39, 0.29) is 53.3 Å². The quantitative estimate of drug-likeness (QED) is 0.0896. The minimum absolute atomic E-state index is 0.0704. The van der Waals surface area contributed by atoms with E-state index < -0.39 is 12.3 Å². The number of nitrogens with two attached hydrogens (primary N) is 1. The van der Waals surface area contributed by atoms with Crippen LogP contribution in [0.25, 0.3) is 16.6 Å². The molecule has 2 fully saturated rings. The lowest BCUT2D eigenvalue weighted by atomic mass is 9.51. The van der Waals surface area contributed by atoms with Gasteiger partial charge >= 0.3 is 0 Å². The van der Waals surface area contributed by atoms with Crippen LogP contribution in [0.5, 0.6) is 23.0 Å². The molecular formula is C64H69N3O7. The van der Waals surface area contributed by atoms with Crippen molar-refractivity contribution in [3.8, 4) is 34.8 Å². The Labute approximate surface area is 434 Å². The maximum atomic E-state index is 11.7. The summed E-state index contributed by atoms with van der Waals surface area (Å²) in [6.45, 7) is 1.94. The lowest BCUT2D eigenvalue weighted by molar-refractivity contribution is -0.00873. The maximum Gasteiger partial charge on any atom is 0.161 e. The third kappa shape index (κ3) is 9.49. The number of dihydropyridines is 1. The Balaban J connectivity index is 0.950. The van der Waals surface area contributed by atoms with Gasteiger partial charge in [-0.3, -0.25) is 0 Å². The van der Waals surface area contributed by atoms with E-state index in [2.05, 4.69) is 76.6 Å². The SMILES string of the molecule is NC1C=C2C#CC(CCc3ccc(O)c(Cc4cccc(O)c4)c3)CCCC3CC(O)CCc4ccc(O)c(c4)OCc4cc(C56CCOCC5CC5(CCCC5)c5ccccc56)cc5cn(cc45)C(=C2CO3)N1. The summed E-state index contributed by atoms with van der Waals surface area (Å²) < 4.78 is 22.2. The van der Waals surface area contributed by atoms with Crippen LogP contribution in [0.3, 0.4) is 0 Å². The Morgan fingerprint density at radius 1 is 0.811 bits per heavy atom. The van der Waals surface area contributed by atoms with Crippen LogP contribution in [-0.4, -0.2) is 63.2 Å². The highest BCUT2D eigenvalue weighted by atomic mass is 16.5. The third-order valence-corrected chi connectivity index (χ3v) is 17.6. The number of phenolic OH excluding ortho intramolecular Hbond substituents is 3. The first-order valence-electron chi connectivity index (χ1n) is 27.2. The second kappa shape index (κ2) is 20.3. The van der Waals surface area contributed by atoms with E-state index in [1.807, 2.05) is 36.4 Å². The molecule has 382 valence electrons. The molecule has 4 aliphatic heterocycles. The summed E-state index contributed by atoms with van der Waals surface area (Å²) in [4.78, 5) is 0. The highest BCUT2D eigenvalue weighted by molar-refractivity contribution is 5.89. The van der Waals surface area contributed by atoms with E-state index in [4.69, 9.17) is 19.9 Å². The molecule has 6 aromatic rings. The maximum absolute atomic E-state index is 11.7. The molecule has 1 spiro atoms. The van der Waals surface area contributed by atoms with Gasteiger partial charge in [0.1, 0.15) is 23.9 Å². The van der Waals surface area contributed by atoms with Gasteiger partial charge < -0.3 is 50.3 Å². The van der Waals surface area contributed by atoms with Gasteiger partial charge in [-0.05, 0) is 175 Å². The zero-order valence-corrected chi connectivity index (χ0v) is 42.3. The third-order valence-electron chi connectivity index (χ3n) is 17.6. The Morgan fingerprint density at radius 2 is 1.68 bits per heavy atom. The van der Waals surface area contributed by atoms with Gasteiger partial charge in [-0.15, -0.1) is 0 Å². The number of aromatic hydroxyl groups is 3. The molecule has 6 unspecified atom stereocenters. The molecule has 10 nitrogen and oxygen atoms in total. The van der Waals surface area contributed by atoms with Crippen LogP contribution < -0.4 is 15.8 Å². The van der Waals surface area contributed by atoms with E-state index >= 15 is 0 Å². The summed E-state index contributed by atoms with van der Waals surface area (Å²) in [6, 6.07) is 32.7. The zero-order chi connectivity index (χ0) is 50.4.